The molecule has 0 spiro atoms. The summed E-state index contributed by atoms with van der Waals surface area (Å²) in [4.78, 5) is 10.6. The number of halogens is 1. The molecule has 2 aromatic carbocycles. The maximum Gasteiger partial charge on any atom is 0.328 e. The Kier molecular flexibility index (Phi) is 6.71. The van der Waals surface area contributed by atoms with Gasteiger partial charge in [0.05, 0.1) is 7.11 Å². The van der Waals surface area contributed by atoms with Gasteiger partial charge in [0.1, 0.15) is 19.0 Å². The van der Waals surface area contributed by atoms with Gasteiger partial charge in [0, 0.05) is 11.1 Å². The van der Waals surface area contributed by atoms with E-state index in [-0.39, 0.29) is 0 Å². The lowest BCUT2D eigenvalue weighted by Gasteiger charge is -2.12. The van der Waals surface area contributed by atoms with E-state index in [0.717, 1.165) is 17.4 Å². The molecule has 0 aliphatic heterocycles. The molecule has 0 aromatic heterocycles. The lowest BCUT2D eigenvalue weighted by Crippen LogP contribution is -2.09. The summed E-state index contributed by atoms with van der Waals surface area (Å²) in [6.45, 7) is 2.57. The van der Waals surface area contributed by atoms with E-state index in [1.165, 1.54) is 6.08 Å². The molecule has 0 unspecified atom stereocenters. The Balaban J connectivity index is 1.95. The van der Waals surface area contributed by atoms with Crippen LogP contribution >= 0.6 is 11.6 Å². The molecule has 2 rings (SSSR count). The maximum absolute atomic E-state index is 10.6. The number of carbonyl (C=O) groups is 1. The minimum atomic E-state index is -1.01. The first-order valence-electron chi connectivity index (χ1n) is 7.60. The summed E-state index contributed by atoms with van der Waals surface area (Å²) < 4.78 is 16.6. The van der Waals surface area contributed by atoms with Crippen LogP contribution in [-0.2, 0) is 4.79 Å². The highest BCUT2D eigenvalue weighted by molar-refractivity contribution is 6.31. The molecule has 0 amide bonds. The largest absolute Gasteiger partial charge is 0.493 e. The zero-order valence-electron chi connectivity index (χ0n) is 14.0. The second-order valence-electron chi connectivity index (χ2n) is 5.19. The molecular weight excluding hydrogens is 344 g/mol. The fourth-order valence-corrected chi connectivity index (χ4v) is 2.21. The predicted octanol–water partition coefficient (Wildman–Crippen LogP) is 4.21. The molecule has 25 heavy (non-hydrogen) atoms. The SMILES string of the molecule is COc1ccc(C=CC(=O)O)cc1OCCOc1ccc(Cl)c(C)c1. The Morgan fingerprint density at radius 1 is 1.12 bits per heavy atom. The van der Waals surface area contributed by atoms with Crippen molar-refractivity contribution in [3.63, 3.8) is 0 Å². The molecule has 0 bridgehead atoms. The number of rotatable bonds is 8. The second-order valence-corrected chi connectivity index (χ2v) is 5.60. The van der Waals surface area contributed by atoms with Crippen molar-refractivity contribution in [1.82, 2.24) is 0 Å². The van der Waals surface area contributed by atoms with Crippen LogP contribution in [0.2, 0.25) is 5.02 Å². The number of aliphatic carboxylic acids is 1. The van der Waals surface area contributed by atoms with Gasteiger partial charge in [0.2, 0.25) is 0 Å². The van der Waals surface area contributed by atoms with E-state index in [9.17, 15) is 4.79 Å². The highest BCUT2D eigenvalue weighted by Crippen LogP contribution is 2.28. The van der Waals surface area contributed by atoms with Gasteiger partial charge in [0.25, 0.3) is 0 Å². The monoisotopic (exact) mass is 362 g/mol. The van der Waals surface area contributed by atoms with Gasteiger partial charge >= 0.3 is 5.97 Å². The number of hydrogen-bond acceptors (Lipinski definition) is 4. The van der Waals surface area contributed by atoms with Crippen LogP contribution < -0.4 is 14.2 Å². The quantitative estimate of drug-likeness (QED) is 0.562. The predicted molar refractivity (Wildman–Crippen MR) is 96.8 cm³/mol. The Bertz CT molecular complexity index is 770. The third kappa shape index (κ3) is 5.72. The Labute approximate surface area is 151 Å². The van der Waals surface area contributed by atoms with E-state index < -0.39 is 5.97 Å². The third-order valence-electron chi connectivity index (χ3n) is 3.35. The standard InChI is InChI=1S/C19H19ClO5/c1-13-11-15(5-6-16(13)20)24-9-10-25-18-12-14(4-8-19(21)22)3-7-17(18)23-2/h3-8,11-12H,9-10H2,1-2H3,(H,21,22). The minimum absolute atomic E-state index is 0.310. The van der Waals surface area contributed by atoms with E-state index in [2.05, 4.69) is 0 Å². The Morgan fingerprint density at radius 3 is 2.56 bits per heavy atom. The number of carboxylic acid groups (broad SMARTS) is 1. The zero-order chi connectivity index (χ0) is 18.2. The molecule has 0 saturated carbocycles. The lowest BCUT2D eigenvalue weighted by molar-refractivity contribution is -0.131. The fourth-order valence-electron chi connectivity index (χ4n) is 2.10. The summed E-state index contributed by atoms with van der Waals surface area (Å²) in [6, 6.07) is 10.6. The van der Waals surface area contributed by atoms with Crippen molar-refractivity contribution >= 4 is 23.6 Å². The van der Waals surface area contributed by atoms with Crippen molar-refractivity contribution in [3.8, 4) is 17.2 Å². The van der Waals surface area contributed by atoms with Crippen molar-refractivity contribution in [2.24, 2.45) is 0 Å². The molecule has 2 aromatic rings. The summed E-state index contributed by atoms with van der Waals surface area (Å²) in [5.41, 5.74) is 1.65. The molecule has 0 radical (unpaired) electrons. The first-order valence-corrected chi connectivity index (χ1v) is 7.98. The van der Waals surface area contributed by atoms with Crippen LogP contribution in [0.15, 0.2) is 42.5 Å². The number of hydrogen-bond donors (Lipinski definition) is 1. The summed E-state index contributed by atoms with van der Waals surface area (Å²) in [6.07, 6.45) is 2.55. The normalized spacial score (nSPS) is 10.7. The highest BCUT2D eigenvalue weighted by Gasteiger charge is 2.06. The van der Waals surface area contributed by atoms with Crippen molar-refractivity contribution in [2.45, 2.75) is 6.92 Å². The fraction of sp³-hybridized carbons (Fsp3) is 0.211. The van der Waals surface area contributed by atoms with Crippen molar-refractivity contribution in [1.29, 1.82) is 0 Å². The molecule has 0 aliphatic carbocycles. The van der Waals surface area contributed by atoms with Crippen LogP contribution in [0.1, 0.15) is 11.1 Å². The van der Waals surface area contributed by atoms with Crippen molar-refractivity contribution in [3.05, 3.63) is 58.6 Å². The molecule has 132 valence electrons. The molecule has 6 heteroatoms. The number of carboxylic acids is 1. The first kappa shape index (κ1) is 18.7. The first-order chi connectivity index (χ1) is 12.0. The topological polar surface area (TPSA) is 65.0 Å². The van der Waals surface area contributed by atoms with Crippen LogP contribution in [-0.4, -0.2) is 31.4 Å². The van der Waals surface area contributed by atoms with Crippen molar-refractivity contribution < 1.29 is 24.1 Å². The van der Waals surface area contributed by atoms with Gasteiger partial charge in [-0.2, -0.15) is 0 Å². The van der Waals surface area contributed by atoms with Gasteiger partial charge in [-0.05, 0) is 54.5 Å². The number of aryl methyl sites for hydroxylation is 1. The average Bonchev–Trinajstić information content (AvgIpc) is 2.60. The molecule has 0 aliphatic rings. The van der Waals surface area contributed by atoms with Gasteiger partial charge in [-0.15, -0.1) is 0 Å². The van der Waals surface area contributed by atoms with Gasteiger partial charge < -0.3 is 19.3 Å². The van der Waals surface area contributed by atoms with E-state index >= 15 is 0 Å². The summed E-state index contributed by atoms with van der Waals surface area (Å²) in [5.74, 6) is 0.793. The van der Waals surface area contributed by atoms with Gasteiger partial charge in [0.15, 0.2) is 11.5 Å². The second kappa shape index (κ2) is 8.99. The third-order valence-corrected chi connectivity index (χ3v) is 3.77. The number of benzene rings is 2. The molecule has 0 heterocycles. The van der Waals surface area contributed by atoms with Crippen LogP contribution in [0.4, 0.5) is 0 Å². The van der Waals surface area contributed by atoms with Gasteiger partial charge in [-0.1, -0.05) is 17.7 Å². The molecule has 0 atom stereocenters. The Hall–Kier alpha value is -2.66. The van der Waals surface area contributed by atoms with E-state index in [0.29, 0.717) is 35.3 Å². The van der Waals surface area contributed by atoms with Crippen LogP contribution in [0, 0.1) is 6.92 Å². The molecule has 0 fully saturated rings. The molecule has 5 nitrogen and oxygen atoms in total. The van der Waals surface area contributed by atoms with Crippen molar-refractivity contribution in [2.75, 3.05) is 20.3 Å². The maximum atomic E-state index is 10.6. The van der Waals surface area contributed by atoms with Gasteiger partial charge in [-0.3, -0.25) is 0 Å². The van der Waals surface area contributed by atoms with E-state index in [1.54, 1.807) is 37.4 Å². The average molecular weight is 363 g/mol. The van der Waals surface area contributed by atoms with Crippen LogP contribution in [0.3, 0.4) is 0 Å². The Morgan fingerprint density at radius 2 is 1.88 bits per heavy atom. The zero-order valence-corrected chi connectivity index (χ0v) is 14.7. The number of methoxy groups -OCH3 is 1. The van der Waals surface area contributed by atoms with Crippen LogP contribution in [0.5, 0.6) is 17.2 Å². The van der Waals surface area contributed by atoms with Crippen LogP contribution in [0.25, 0.3) is 6.08 Å². The molecule has 0 saturated heterocycles. The minimum Gasteiger partial charge on any atom is -0.493 e. The lowest BCUT2D eigenvalue weighted by atomic mass is 10.2. The summed E-state index contributed by atoms with van der Waals surface area (Å²) in [5, 5.41) is 9.39. The van der Waals surface area contributed by atoms with Gasteiger partial charge in [-0.25, -0.2) is 4.79 Å². The van der Waals surface area contributed by atoms with E-state index in [1.807, 2.05) is 13.0 Å². The molecular formula is C19H19ClO5. The smallest absolute Gasteiger partial charge is 0.328 e. The molecule has 1 N–H and O–H groups in total. The summed E-state index contributed by atoms with van der Waals surface area (Å²) in [7, 11) is 1.54. The number of ether oxygens (including phenoxy) is 3. The highest BCUT2D eigenvalue weighted by atomic mass is 35.5. The summed E-state index contributed by atoms with van der Waals surface area (Å²) >= 11 is 5.98. The van der Waals surface area contributed by atoms with E-state index in [4.69, 9.17) is 30.9 Å².